The molecule has 86 valence electrons. The van der Waals surface area contributed by atoms with E-state index < -0.39 is 12.8 Å². The average molecular weight is 213 g/mol. The van der Waals surface area contributed by atoms with E-state index in [9.17, 15) is 13.2 Å². The summed E-state index contributed by atoms with van der Waals surface area (Å²) in [5.41, 5.74) is 5.11. The molecule has 1 unspecified atom stereocenters. The lowest BCUT2D eigenvalue weighted by Gasteiger charge is -2.32. The van der Waals surface area contributed by atoms with Gasteiger partial charge in [0.1, 0.15) is 6.61 Å². The Labute approximate surface area is 82.6 Å². The maximum absolute atomic E-state index is 11.8. The molecule has 0 saturated carbocycles. The van der Waals surface area contributed by atoms with Gasteiger partial charge in [-0.1, -0.05) is 20.8 Å². The third-order valence-electron chi connectivity index (χ3n) is 2.56. The molecule has 0 aromatic heterocycles. The first-order valence-electron chi connectivity index (χ1n) is 4.56. The molecule has 14 heavy (non-hydrogen) atoms. The Kier molecular flexibility index (Phi) is 4.88. The average Bonchev–Trinajstić information content (AvgIpc) is 2.01. The van der Waals surface area contributed by atoms with Crippen LogP contribution in [-0.2, 0) is 4.74 Å². The van der Waals surface area contributed by atoms with Crippen LogP contribution in [0.2, 0.25) is 0 Å². The molecule has 2 N–H and O–H groups in total. The number of rotatable bonds is 5. The van der Waals surface area contributed by atoms with Crippen molar-refractivity contribution < 1.29 is 17.9 Å². The first-order valence-corrected chi connectivity index (χ1v) is 4.56. The topological polar surface area (TPSA) is 35.2 Å². The van der Waals surface area contributed by atoms with Gasteiger partial charge in [0.05, 0.1) is 6.61 Å². The molecule has 0 aliphatic heterocycles. The summed E-state index contributed by atoms with van der Waals surface area (Å²) in [6.45, 7) is 4.83. The minimum Gasteiger partial charge on any atom is -0.371 e. The Bertz CT molecular complexity index is 170. The zero-order chi connectivity index (χ0) is 11.4. The van der Waals surface area contributed by atoms with Gasteiger partial charge >= 0.3 is 6.18 Å². The fraction of sp³-hybridized carbons (Fsp3) is 1.00. The van der Waals surface area contributed by atoms with Gasteiger partial charge in [0.25, 0.3) is 0 Å². The molecule has 0 aliphatic carbocycles. The molecule has 0 spiro atoms. The lowest BCUT2D eigenvalue weighted by atomic mass is 9.80. The molecule has 2 nitrogen and oxygen atoms in total. The van der Waals surface area contributed by atoms with Gasteiger partial charge in [-0.25, -0.2) is 0 Å². The third kappa shape index (κ3) is 4.81. The summed E-state index contributed by atoms with van der Waals surface area (Å²) >= 11 is 0. The van der Waals surface area contributed by atoms with Gasteiger partial charge in [-0.05, 0) is 5.92 Å². The minimum absolute atomic E-state index is 0.0423. The van der Waals surface area contributed by atoms with Crippen molar-refractivity contribution in [2.75, 3.05) is 19.8 Å². The zero-order valence-corrected chi connectivity index (χ0v) is 8.82. The first kappa shape index (κ1) is 13.7. The fourth-order valence-electron chi connectivity index (χ4n) is 0.861. The maximum Gasteiger partial charge on any atom is 0.411 e. The molecule has 5 heteroatoms. The fourth-order valence-corrected chi connectivity index (χ4v) is 0.861. The second-order valence-electron chi connectivity index (χ2n) is 4.12. The molecule has 0 amide bonds. The van der Waals surface area contributed by atoms with Gasteiger partial charge in [0, 0.05) is 12.0 Å². The number of halogens is 3. The van der Waals surface area contributed by atoms with Gasteiger partial charge < -0.3 is 10.5 Å². The summed E-state index contributed by atoms with van der Waals surface area (Å²) in [6, 6.07) is 0. The van der Waals surface area contributed by atoms with Crippen LogP contribution in [0.3, 0.4) is 0 Å². The van der Waals surface area contributed by atoms with Crippen LogP contribution in [0, 0.1) is 11.3 Å². The summed E-state index contributed by atoms with van der Waals surface area (Å²) in [5.74, 6) is 0.195. The van der Waals surface area contributed by atoms with Crippen LogP contribution in [0.5, 0.6) is 0 Å². The zero-order valence-electron chi connectivity index (χ0n) is 8.82. The highest BCUT2D eigenvalue weighted by molar-refractivity contribution is 4.78. The molecular formula is C9H18F3NO. The normalized spacial score (nSPS) is 17.1. The molecule has 0 radical (unpaired) electrons. The summed E-state index contributed by atoms with van der Waals surface area (Å²) in [4.78, 5) is 0. The van der Waals surface area contributed by atoms with Crippen molar-refractivity contribution in [1.82, 2.24) is 0 Å². The smallest absolute Gasteiger partial charge is 0.371 e. The Morgan fingerprint density at radius 2 is 1.71 bits per heavy atom. The van der Waals surface area contributed by atoms with Gasteiger partial charge in [-0.3, -0.25) is 0 Å². The van der Waals surface area contributed by atoms with E-state index in [2.05, 4.69) is 4.74 Å². The number of ether oxygens (including phenoxy) is 1. The van der Waals surface area contributed by atoms with Crippen LogP contribution in [0.15, 0.2) is 0 Å². The quantitative estimate of drug-likeness (QED) is 0.759. The largest absolute Gasteiger partial charge is 0.411 e. The molecule has 0 saturated heterocycles. The second kappa shape index (κ2) is 4.98. The summed E-state index contributed by atoms with van der Waals surface area (Å²) in [5, 5.41) is 0. The van der Waals surface area contributed by atoms with Crippen LogP contribution >= 0.6 is 0 Å². The molecular weight excluding hydrogens is 195 g/mol. The number of alkyl halides is 3. The predicted molar refractivity (Wildman–Crippen MR) is 48.9 cm³/mol. The standard InChI is InChI=1S/C9H18F3NO/c1-7(2)8(3,4-13)5-14-6-9(10,11)12/h7H,4-6,13H2,1-3H3. The highest BCUT2D eigenvalue weighted by atomic mass is 19.4. The van der Waals surface area contributed by atoms with Crippen molar-refractivity contribution in [3.63, 3.8) is 0 Å². The maximum atomic E-state index is 11.8. The van der Waals surface area contributed by atoms with E-state index in [0.29, 0.717) is 6.54 Å². The molecule has 0 heterocycles. The van der Waals surface area contributed by atoms with Crippen molar-refractivity contribution >= 4 is 0 Å². The summed E-state index contributed by atoms with van der Waals surface area (Å²) in [7, 11) is 0. The molecule has 0 bridgehead atoms. The molecule has 0 aromatic rings. The summed E-state index contributed by atoms with van der Waals surface area (Å²) < 4.78 is 39.9. The Morgan fingerprint density at radius 1 is 1.21 bits per heavy atom. The van der Waals surface area contributed by atoms with Crippen molar-refractivity contribution in [3.05, 3.63) is 0 Å². The van der Waals surface area contributed by atoms with E-state index in [1.165, 1.54) is 0 Å². The first-order chi connectivity index (χ1) is 6.21. The molecule has 0 aromatic carbocycles. The van der Waals surface area contributed by atoms with E-state index in [1.54, 1.807) is 0 Å². The van der Waals surface area contributed by atoms with Crippen LogP contribution in [0.4, 0.5) is 13.2 Å². The predicted octanol–water partition coefficient (Wildman–Crippen LogP) is 2.19. The Balaban J connectivity index is 3.97. The SMILES string of the molecule is CC(C)C(C)(CN)COCC(F)(F)F. The van der Waals surface area contributed by atoms with Crippen LogP contribution < -0.4 is 5.73 Å². The van der Waals surface area contributed by atoms with E-state index in [0.717, 1.165) is 0 Å². The van der Waals surface area contributed by atoms with Gasteiger partial charge in [0.2, 0.25) is 0 Å². The van der Waals surface area contributed by atoms with E-state index in [-0.39, 0.29) is 17.9 Å². The van der Waals surface area contributed by atoms with Gasteiger partial charge in [-0.15, -0.1) is 0 Å². The van der Waals surface area contributed by atoms with Crippen LogP contribution in [-0.4, -0.2) is 25.9 Å². The van der Waals surface area contributed by atoms with Crippen molar-refractivity contribution in [1.29, 1.82) is 0 Å². The number of hydrogen-bond donors (Lipinski definition) is 1. The summed E-state index contributed by atoms with van der Waals surface area (Å²) in [6.07, 6.45) is -4.26. The number of nitrogens with two attached hydrogens (primary N) is 1. The highest BCUT2D eigenvalue weighted by Crippen LogP contribution is 2.26. The minimum atomic E-state index is -4.26. The van der Waals surface area contributed by atoms with Gasteiger partial charge in [-0.2, -0.15) is 13.2 Å². The second-order valence-corrected chi connectivity index (χ2v) is 4.12. The van der Waals surface area contributed by atoms with Gasteiger partial charge in [0.15, 0.2) is 0 Å². The van der Waals surface area contributed by atoms with E-state index >= 15 is 0 Å². The Hall–Kier alpha value is -0.290. The molecule has 0 fully saturated rings. The van der Waals surface area contributed by atoms with Crippen molar-refractivity contribution in [3.8, 4) is 0 Å². The highest BCUT2D eigenvalue weighted by Gasteiger charge is 2.31. The lowest BCUT2D eigenvalue weighted by molar-refractivity contribution is -0.181. The monoisotopic (exact) mass is 213 g/mol. The lowest BCUT2D eigenvalue weighted by Crippen LogP contribution is -2.38. The van der Waals surface area contributed by atoms with Crippen molar-refractivity contribution in [2.45, 2.75) is 26.9 Å². The van der Waals surface area contributed by atoms with E-state index in [4.69, 9.17) is 5.73 Å². The molecule has 0 aliphatic rings. The third-order valence-corrected chi connectivity index (χ3v) is 2.56. The number of hydrogen-bond acceptors (Lipinski definition) is 2. The van der Waals surface area contributed by atoms with Crippen LogP contribution in [0.25, 0.3) is 0 Å². The van der Waals surface area contributed by atoms with Crippen molar-refractivity contribution in [2.24, 2.45) is 17.1 Å². The van der Waals surface area contributed by atoms with Crippen LogP contribution in [0.1, 0.15) is 20.8 Å². The Morgan fingerprint density at radius 3 is 2.00 bits per heavy atom. The molecule has 1 atom stereocenters. The molecule has 0 rings (SSSR count). The van der Waals surface area contributed by atoms with E-state index in [1.807, 2.05) is 20.8 Å².